The van der Waals surface area contributed by atoms with Crippen molar-refractivity contribution in [1.82, 2.24) is 0 Å². The average molecular weight is 1000 g/mol. The molecular weight excluding hydrogens is 947 g/mol. The highest BCUT2D eigenvalue weighted by atomic mass is 127. The van der Waals surface area contributed by atoms with Crippen LogP contribution in [0.15, 0.2) is 30.4 Å². The maximum absolute atomic E-state index is 13.3. The quantitative estimate of drug-likeness (QED) is 0.0542. The molecule has 1 aromatic carbocycles. The molecule has 0 radical (unpaired) electrons. The first-order valence-electron chi connectivity index (χ1n) is 19.9. The predicted molar refractivity (Wildman–Crippen MR) is 215 cm³/mol. The number of carboxylic acid groups (broad SMARTS) is 1. The van der Waals surface area contributed by atoms with Gasteiger partial charge in [-0.1, -0.05) is 33.4 Å². The van der Waals surface area contributed by atoms with Gasteiger partial charge >= 0.3 is 38.7 Å². The molecule has 1 aliphatic heterocycles. The number of aliphatic hydroxyl groups excluding tert-OH is 1. The first kappa shape index (κ1) is 47.0. The van der Waals surface area contributed by atoms with Gasteiger partial charge in [0.15, 0.2) is 18.5 Å². The summed E-state index contributed by atoms with van der Waals surface area (Å²) >= 11 is 1.92. The number of halogens is 1. The van der Waals surface area contributed by atoms with Crippen LogP contribution in [0.2, 0.25) is 0 Å². The van der Waals surface area contributed by atoms with E-state index in [1.54, 1.807) is 26.0 Å². The van der Waals surface area contributed by atoms with E-state index < -0.39 is 105 Å². The van der Waals surface area contributed by atoms with E-state index in [1.165, 1.54) is 6.07 Å². The van der Waals surface area contributed by atoms with Crippen molar-refractivity contribution >= 4 is 61.3 Å². The van der Waals surface area contributed by atoms with Crippen molar-refractivity contribution in [3.05, 3.63) is 39.5 Å². The summed E-state index contributed by atoms with van der Waals surface area (Å²) in [6.07, 6.45) is -8.84. The van der Waals surface area contributed by atoms with Gasteiger partial charge < -0.3 is 34.3 Å². The third-order valence-electron chi connectivity index (χ3n) is 13.4. The average Bonchev–Trinajstić information content (AvgIpc) is 3.30. The third-order valence-corrected chi connectivity index (χ3v) is 15.2. The van der Waals surface area contributed by atoms with Gasteiger partial charge in [-0.25, -0.2) is 8.37 Å². The minimum absolute atomic E-state index is 0.0437. The van der Waals surface area contributed by atoms with Crippen LogP contribution in [0, 0.1) is 44.0 Å². The zero-order chi connectivity index (χ0) is 44.1. The molecule has 13 atom stereocenters. The number of fused-ring (bicyclic) bond motifs is 3. The lowest BCUT2D eigenvalue weighted by atomic mass is 9.43. The van der Waals surface area contributed by atoms with E-state index in [-0.39, 0.29) is 61.5 Å². The second-order valence-electron chi connectivity index (χ2n) is 17.6. The van der Waals surface area contributed by atoms with E-state index in [0.29, 0.717) is 28.4 Å². The number of hydrogen-bond donors (Lipinski definition) is 5. The number of carbonyl (C=O) groups excluding carboxylic acids is 2. The molecule has 4 aliphatic carbocycles. The van der Waals surface area contributed by atoms with Crippen LogP contribution < -0.4 is 0 Å². The molecule has 60 heavy (non-hydrogen) atoms. The van der Waals surface area contributed by atoms with Crippen LogP contribution in [0.4, 0.5) is 0 Å². The van der Waals surface area contributed by atoms with E-state index in [2.05, 4.69) is 6.58 Å². The van der Waals surface area contributed by atoms with Gasteiger partial charge in [0, 0.05) is 18.3 Å². The summed E-state index contributed by atoms with van der Waals surface area (Å²) in [4.78, 5) is 39.3. The minimum atomic E-state index is -5.53. The molecule has 0 amide bonds. The number of rotatable bonds is 15. The summed E-state index contributed by atoms with van der Waals surface area (Å²) in [5.41, 5.74) is 0.221. The smallest absolute Gasteiger partial charge is 0.397 e. The van der Waals surface area contributed by atoms with Gasteiger partial charge in [-0.15, -0.1) is 0 Å². The number of benzene rings is 1. The molecule has 5 aliphatic rings. The summed E-state index contributed by atoms with van der Waals surface area (Å²) < 4.78 is 103. The van der Waals surface area contributed by atoms with Crippen LogP contribution in [0.5, 0.6) is 5.75 Å². The number of aliphatic carboxylic acids is 1. The number of aromatic hydroxyl groups is 1. The number of esters is 2. The van der Waals surface area contributed by atoms with Gasteiger partial charge in [0.05, 0.1) is 21.7 Å². The number of aliphatic hydroxyl groups is 1. The molecule has 5 fully saturated rings. The number of ether oxygens (including phenoxy) is 4. The highest BCUT2D eigenvalue weighted by molar-refractivity contribution is 14.1. The molecule has 18 nitrogen and oxygen atoms in total. The minimum Gasteiger partial charge on any atom is -0.507 e. The lowest BCUT2D eigenvalue weighted by Gasteiger charge is -2.62. The molecule has 4 saturated carbocycles. The molecule has 0 unspecified atom stereocenters. The van der Waals surface area contributed by atoms with E-state index in [9.17, 15) is 55.6 Å². The monoisotopic (exact) mass is 1000 g/mol. The second kappa shape index (κ2) is 17.9. The molecule has 6 rings (SSSR count). The maximum atomic E-state index is 13.3. The van der Waals surface area contributed by atoms with Crippen LogP contribution in [-0.4, -0.2) is 109 Å². The summed E-state index contributed by atoms with van der Waals surface area (Å²) in [6, 6.07) is 4.70. The van der Waals surface area contributed by atoms with Crippen molar-refractivity contribution in [3.63, 3.8) is 0 Å². The van der Waals surface area contributed by atoms with Crippen LogP contribution in [0.25, 0.3) is 0 Å². The number of hydrogen-bond acceptors (Lipinski definition) is 15. The molecule has 1 heterocycles. The summed E-state index contributed by atoms with van der Waals surface area (Å²) in [7, 11) is -11.0. The van der Waals surface area contributed by atoms with Crippen molar-refractivity contribution < 1.29 is 83.0 Å². The van der Waals surface area contributed by atoms with Crippen LogP contribution in [-0.2, 0) is 68.9 Å². The number of carbonyl (C=O) groups is 3. The van der Waals surface area contributed by atoms with Crippen molar-refractivity contribution in [2.75, 3.05) is 6.61 Å². The standard InChI is InChI=1S/C39H53IO18S2/c1-19(2)13-31(43)56-34-33(58-60(50,51)52)32(57-59(47,48)49)28(18-53-30(42)10-6-21-5-8-27(41)26(40)14-21)55-37(34)54-23-15-24(36(45)46)25-11-12-39-16-22(20(3)35(39)44)7-9-29(39)38(25,4)17-23/h5,8,14,19,22-25,28-29,32-35,37,41,44H,3,6-7,9-13,15-18H2,1-2,4H3,(H,45,46)(H,47,48,49)(H,50,51,52)/t22-,23-,24-,25-,28-,29+,32-,33+,34-,35-,37-,38-,39-/m1/s1. The zero-order valence-corrected chi connectivity index (χ0v) is 37.2. The van der Waals surface area contributed by atoms with Crippen molar-refractivity contribution in [1.29, 1.82) is 0 Å². The summed E-state index contributed by atoms with van der Waals surface area (Å²) in [6.45, 7) is 8.69. The highest BCUT2D eigenvalue weighted by Crippen LogP contribution is 2.70. The normalized spacial score (nSPS) is 36.6. The molecule has 21 heteroatoms. The van der Waals surface area contributed by atoms with Gasteiger partial charge in [0.2, 0.25) is 0 Å². The largest absolute Gasteiger partial charge is 0.507 e. The fourth-order valence-electron chi connectivity index (χ4n) is 11.0. The van der Waals surface area contributed by atoms with Crippen LogP contribution >= 0.6 is 22.6 Å². The van der Waals surface area contributed by atoms with E-state index in [4.69, 9.17) is 27.3 Å². The van der Waals surface area contributed by atoms with Crippen molar-refractivity contribution in [2.45, 2.75) is 128 Å². The first-order chi connectivity index (χ1) is 27.9. The van der Waals surface area contributed by atoms with Gasteiger partial charge in [0.1, 0.15) is 24.6 Å². The van der Waals surface area contributed by atoms with E-state index in [0.717, 1.165) is 18.4 Å². The number of phenolic OH excluding ortho intramolecular Hbond substituents is 1. The van der Waals surface area contributed by atoms with Crippen molar-refractivity contribution in [2.24, 2.45) is 40.4 Å². The maximum Gasteiger partial charge on any atom is 0.397 e. The lowest BCUT2D eigenvalue weighted by Crippen LogP contribution is -2.64. The summed E-state index contributed by atoms with van der Waals surface area (Å²) in [5, 5.41) is 32.0. The Bertz CT molecular complexity index is 2040. The Balaban J connectivity index is 1.33. The Morgan fingerprint density at radius 2 is 1.68 bits per heavy atom. The fraction of sp³-hybridized carbons (Fsp3) is 0.718. The Morgan fingerprint density at radius 3 is 2.32 bits per heavy atom. The Hall–Kier alpha value is -2.48. The SMILES string of the molecule is C=C1[C@@H]2CC[C@H]3[C@]4(C)C[C@H](O[C@@H]5O[C@H](COC(=O)CCc6ccc(O)c(I)c6)[C@@H](OS(=O)(=O)O)[C@H](OS(=O)(=O)O)[C@H]5OC(=O)CC(C)C)C[C@@H](C(=O)O)[C@H]4CC[C@]3(C2)[C@@H]1O. The Morgan fingerprint density at radius 1 is 1.00 bits per heavy atom. The van der Waals surface area contributed by atoms with Gasteiger partial charge in [-0.3, -0.25) is 23.5 Å². The topological polar surface area (TPSA) is 276 Å². The first-order valence-corrected chi connectivity index (χ1v) is 23.8. The number of carboxylic acids is 1. The second-order valence-corrected chi connectivity index (χ2v) is 20.8. The molecule has 0 aromatic heterocycles. The molecule has 1 spiro atoms. The van der Waals surface area contributed by atoms with Crippen molar-refractivity contribution in [3.8, 4) is 5.75 Å². The molecule has 1 saturated heterocycles. The summed E-state index contributed by atoms with van der Waals surface area (Å²) in [5.74, 6) is -4.35. The molecule has 336 valence electrons. The number of aryl methyl sites for hydroxylation is 1. The lowest BCUT2D eigenvalue weighted by molar-refractivity contribution is -0.316. The zero-order valence-electron chi connectivity index (χ0n) is 33.4. The Labute approximate surface area is 362 Å². The number of phenols is 1. The van der Waals surface area contributed by atoms with Gasteiger partial charge in [0.25, 0.3) is 0 Å². The van der Waals surface area contributed by atoms with Gasteiger partial charge in [-0.2, -0.15) is 16.8 Å². The highest BCUT2D eigenvalue weighted by Gasteiger charge is 2.67. The van der Waals surface area contributed by atoms with Crippen LogP contribution in [0.3, 0.4) is 0 Å². The molecule has 2 bridgehead atoms. The predicted octanol–water partition coefficient (Wildman–Crippen LogP) is 4.16. The van der Waals surface area contributed by atoms with Crippen LogP contribution in [0.1, 0.15) is 84.1 Å². The molecule has 5 N–H and O–H groups in total. The third kappa shape index (κ3) is 10.1. The van der Waals surface area contributed by atoms with E-state index in [1.807, 2.05) is 29.5 Å². The van der Waals surface area contributed by atoms with Gasteiger partial charge in [-0.05, 0) is 126 Å². The molecule has 1 aromatic rings. The Kier molecular flexibility index (Phi) is 14.1. The van der Waals surface area contributed by atoms with E-state index >= 15 is 0 Å². The molecular formula is C39H53IO18S2. The fourth-order valence-corrected chi connectivity index (χ4v) is 12.6.